The second-order valence-corrected chi connectivity index (χ2v) is 7.66. The van der Waals surface area contributed by atoms with Crippen LogP contribution in [0.3, 0.4) is 0 Å². The van der Waals surface area contributed by atoms with Crippen LogP contribution >= 0.6 is 27.3 Å². The van der Waals surface area contributed by atoms with Crippen LogP contribution in [-0.2, 0) is 7.05 Å². The van der Waals surface area contributed by atoms with Crippen LogP contribution in [0.1, 0.15) is 21.1 Å². The van der Waals surface area contributed by atoms with Gasteiger partial charge in [-0.05, 0) is 28.9 Å². The number of halogens is 4. The molecule has 0 aliphatic carbocycles. The molecule has 10 heteroatoms. The summed E-state index contributed by atoms with van der Waals surface area (Å²) in [5.41, 5.74) is -0.369. The fourth-order valence-electron chi connectivity index (χ4n) is 2.16. The van der Waals surface area contributed by atoms with Crippen molar-refractivity contribution in [2.75, 3.05) is 14.1 Å². The lowest BCUT2D eigenvalue weighted by Gasteiger charge is -2.19. The van der Waals surface area contributed by atoms with Crippen molar-refractivity contribution in [2.45, 2.75) is 13.1 Å². The highest BCUT2D eigenvalue weighted by atomic mass is 79.9. The first-order chi connectivity index (χ1) is 11.1. The number of carbonyl (C=O) groups excluding carboxylic acids is 1. The van der Waals surface area contributed by atoms with Crippen LogP contribution in [0.5, 0.6) is 0 Å². The second-order valence-electron chi connectivity index (χ2n) is 5.18. The number of rotatable bonds is 4. The number of hydrogen-bond acceptors (Lipinski definition) is 5. The van der Waals surface area contributed by atoms with Gasteiger partial charge < -0.3 is 9.47 Å². The third-order valence-corrected chi connectivity index (χ3v) is 4.73. The van der Waals surface area contributed by atoms with Crippen LogP contribution in [0.25, 0.3) is 17.6 Å². The van der Waals surface area contributed by atoms with Crippen molar-refractivity contribution in [3.05, 3.63) is 25.9 Å². The molecule has 130 valence electrons. The number of thiazole rings is 1. The van der Waals surface area contributed by atoms with Gasteiger partial charge in [-0.3, -0.25) is 4.79 Å². The van der Waals surface area contributed by atoms with E-state index in [1.54, 1.807) is 7.05 Å². The van der Waals surface area contributed by atoms with Gasteiger partial charge in [0, 0.05) is 26.0 Å². The van der Waals surface area contributed by atoms with E-state index in [2.05, 4.69) is 25.9 Å². The molecule has 2 heterocycles. The first-order valence-corrected chi connectivity index (χ1v) is 8.28. The maximum absolute atomic E-state index is 13.1. The van der Waals surface area contributed by atoms with Crippen LogP contribution in [0.15, 0.2) is 9.61 Å². The molecule has 0 aliphatic heterocycles. The third kappa shape index (κ3) is 3.54. The summed E-state index contributed by atoms with van der Waals surface area (Å²) in [6.45, 7) is 1.82. The Balaban J connectivity index is 2.67. The zero-order chi connectivity index (χ0) is 18.2. The zero-order valence-corrected chi connectivity index (χ0v) is 15.7. The first kappa shape index (κ1) is 18.7. The predicted octanol–water partition coefficient (Wildman–Crippen LogP) is 3.89. The van der Waals surface area contributed by atoms with E-state index in [4.69, 9.17) is 0 Å². The SMILES string of the molecule is Cc1sc(Br)nc1-c1nc(/C=C(\N(C)C)C(F)(F)F)c(C=O)n1C. The number of hydrogen-bond donors (Lipinski definition) is 0. The molecule has 0 bridgehead atoms. The van der Waals surface area contributed by atoms with Crippen molar-refractivity contribution < 1.29 is 18.0 Å². The highest BCUT2D eigenvalue weighted by Crippen LogP contribution is 2.33. The summed E-state index contributed by atoms with van der Waals surface area (Å²) in [7, 11) is 4.13. The molecule has 2 rings (SSSR count). The number of aldehydes is 1. The van der Waals surface area contributed by atoms with Gasteiger partial charge in [0.25, 0.3) is 0 Å². The lowest BCUT2D eigenvalue weighted by molar-refractivity contribution is -0.106. The molecule has 0 saturated heterocycles. The molecule has 0 unspecified atom stereocenters. The average Bonchev–Trinajstić information content (AvgIpc) is 2.93. The van der Waals surface area contributed by atoms with Gasteiger partial charge in [0.2, 0.25) is 0 Å². The Hall–Kier alpha value is -1.68. The summed E-state index contributed by atoms with van der Waals surface area (Å²) in [6.07, 6.45) is -3.20. The minimum Gasteiger partial charge on any atom is -0.374 e. The Morgan fingerprint density at radius 3 is 2.38 bits per heavy atom. The van der Waals surface area contributed by atoms with Crippen molar-refractivity contribution in [1.29, 1.82) is 0 Å². The summed E-state index contributed by atoms with van der Waals surface area (Å²) >= 11 is 4.64. The van der Waals surface area contributed by atoms with Crippen LogP contribution in [0.4, 0.5) is 13.2 Å². The average molecular weight is 423 g/mol. The Bertz CT molecular complexity index is 808. The highest BCUT2D eigenvalue weighted by Gasteiger charge is 2.36. The summed E-state index contributed by atoms with van der Waals surface area (Å²) in [5, 5.41) is 0. The van der Waals surface area contributed by atoms with Gasteiger partial charge in [0.1, 0.15) is 17.1 Å². The maximum Gasteiger partial charge on any atom is 0.431 e. The minimum atomic E-state index is -4.55. The van der Waals surface area contributed by atoms with E-state index in [9.17, 15) is 18.0 Å². The van der Waals surface area contributed by atoms with E-state index in [0.29, 0.717) is 21.7 Å². The molecule has 0 amide bonds. The van der Waals surface area contributed by atoms with Crippen LogP contribution in [-0.4, -0.2) is 46.0 Å². The standard InChI is InChI=1S/C14H14BrF3N4OS/c1-7-11(20-13(15)24-7)12-19-8(9(6-23)22(12)4)5-10(21(2)3)14(16,17)18/h5-6H,1-4H3/b10-5-. The van der Waals surface area contributed by atoms with Gasteiger partial charge in [-0.1, -0.05) is 0 Å². The maximum atomic E-state index is 13.1. The summed E-state index contributed by atoms with van der Waals surface area (Å²) in [4.78, 5) is 21.6. The quantitative estimate of drug-likeness (QED) is 0.701. The molecule has 2 aromatic rings. The van der Waals surface area contributed by atoms with E-state index in [1.807, 2.05) is 6.92 Å². The van der Waals surface area contributed by atoms with Gasteiger partial charge in [-0.15, -0.1) is 11.3 Å². The summed E-state index contributed by atoms with van der Waals surface area (Å²) in [6, 6.07) is 0. The molecule has 0 spiro atoms. The van der Waals surface area contributed by atoms with E-state index < -0.39 is 11.9 Å². The largest absolute Gasteiger partial charge is 0.431 e. The molecule has 0 fully saturated rings. The second kappa shape index (κ2) is 6.67. The number of allylic oxidation sites excluding steroid dienone is 1. The van der Waals surface area contributed by atoms with Gasteiger partial charge >= 0.3 is 6.18 Å². The Morgan fingerprint density at radius 2 is 1.96 bits per heavy atom. The molecule has 0 N–H and O–H groups in total. The van der Waals surface area contributed by atoms with E-state index in [1.165, 1.54) is 30.0 Å². The number of imidazole rings is 1. The summed E-state index contributed by atoms with van der Waals surface area (Å²) in [5.74, 6) is 0.336. The van der Waals surface area contributed by atoms with Crippen molar-refractivity contribution in [1.82, 2.24) is 19.4 Å². The number of aryl methyl sites for hydroxylation is 1. The molecule has 0 saturated carbocycles. The van der Waals surface area contributed by atoms with E-state index >= 15 is 0 Å². The van der Waals surface area contributed by atoms with Crippen LogP contribution in [0.2, 0.25) is 0 Å². The van der Waals surface area contributed by atoms with E-state index in [0.717, 1.165) is 15.9 Å². The van der Waals surface area contributed by atoms with Crippen molar-refractivity contribution in [3.63, 3.8) is 0 Å². The molecule has 24 heavy (non-hydrogen) atoms. The lowest BCUT2D eigenvalue weighted by atomic mass is 10.2. The highest BCUT2D eigenvalue weighted by molar-refractivity contribution is 9.11. The van der Waals surface area contributed by atoms with Gasteiger partial charge in [0.05, 0.1) is 5.69 Å². The molecule has 5 nitrogen and oxygen atoms in total. The van der Waals surface area contributed by atoms with E-state index in [-0.39, 0.29) is 11.4 Å². The number of nitrogens with zero attached hydrogens (tertiary/aromatic N) is 4. The minimum absolute atomic E-state index is 0.0490. The Kier molecular flexibility index (Phi) is 5.19. The fraction of sp³-hybridized carbons (Fsp3) is 0.357. The molecule has 0 aromatic carbocycles. The van der Waals surface area contributed by atoms with Gasteiger partial charge in [-0.2, -0.15) is 13.2 Å². The monoisotopic (exact) mass is 422 g/mol. The van der Waals surface area contributed by atoms with Gasteiger partial charge in [0.15, 0.2) is 16.0 Å². The molecular formula is C14H14BrF3N4OS. The zero-order valence-electron chi connectivity index (χ0n) is 13.3. The molecule has 0 radical (unpaired) electrons. The molecule has 0 aliphatic rings. The smallest absolute Gasteiger partial charge is 0.374 e. The van der Waals surface area contributed by atoms with Crippen LogP contribution in [0, 0.1) is 6.92 Å². The molecule has 2 aromatic heterocycles. The summed E-state index contributed by atoms with van der Waals surface area (Å²) < 4.78 is 41.5. The Morgan fingerprint density at radius 1 is 1.33 bits per heavy atom. The fourth-order valence-corrected chi connectivity index (χ4v) is 3.68. The number of aromatic nitrogens is 3. The topological polar surface area (TPSA) is 51.0 Å². The predicted molar refractivity (Wildman–Crippen MR) is 89.9 cm³/mol. The first-order valence-electron chi connectivity index (χ1n) is 6.67. The third-order valence-electron chi connectivity index (χ3n) is 3.31. The van der Waals surface area contributed by atoms with Crippen molar-refractivity contribution in [3.8, 4) is 11.5 Å². The van der Waals surface area contributed by atoms with Crippen molar-refractivity contribution in [2.24, 2.45) is 7.05 Å². The van der Waals surface area contributed by atoms with Gasteiger partial charge in [-0.25, -0.2) is 9.97 Å². The Labute approximate surface area is 149 Å². The van der Waals surface area contributed by atoms with Crippen LogP contribution < -0.4 is 0 Å². The normalized spacial score (nSPS) is 12.6. The number of carbonyl (C=O) groups is 1. The number of alkyl halides is 3. The lowest BCUT2D eigenvalue weighted by Crippen LogP contribution is -2.25. The molecular weight excluding hydrogens is 409 g/mol. The molecule has 0 atom stereocenters. The van der Waals surface area contributed by atoms with Crippen molar-refractivity contribution >= 4 is 39.6 Å².